The molecular weight excluding hydrogens is 326 g/mol. The number of nitrogens with zero attached hydrogens (tertiary/aromatic N) is 5. The predicted octanol–water partition coefficient (Wildman–Crippen LogP) is 3.35. The standard InChI is InChI=1S/C16H15N5O2S/c1-10-18-12(9-17)16(22-10)21-6-4-11(5-7-21)15-19-14(20-23-15)13-3-2-8-24-13/h2-3,8,11H,4-7H2,1H3. The van der Waals surface area contributed by atoms with Crippen molar-refractivity contribution in [3.05, 3.63) is 35.0 Å². The van der Waals surface area contributed by atoms with Gasteiger partial charge in [-0.1, -0.05) is 11.2 Å². The van der Waals surface area contributed by atoms with Gasteiger partial charge >= 0.3 is 0 Å². The highest BCUT2D eigenvalue weighted by molar-refractivity contribution is 7.13. The van der Waals surface area contributed by atoms with Gasteiger partial charge in [-0.3, -0.25) is 0 Å². The van der Waals surface area contributed by atoms with Gasteiger partial charge in [0.1, 0.15) is 6.07 Å². The molecule has 0 aliphatic carbocycles. The summed E-state index contributed by atoms with van der Waals surface area (Å²) in [5.74, 6) is 2.66. The third-order valence-electron chi connectivity index (χ3n) is 4.14. The van der Waals surface area contributed by atoms with Gasteiger partial charge in [-0.05, 0) is 24.3 Å². The molecule has 0 unspecified atom stereocenters. The number of thiophene rings is 1. The summed E-state index contributed by atoms with van der Waals surface area (Å²) in [5.41, 5.74) is 0.351. The summed E-state index contributed by atoms with van der Waals surface area (Å²) >= 11 is 1.60. The third kappa shape index (κ3) is 2.67. The van der Waals surface area contributed by atoms with Crippen molar-refractivity contribution in [1.82, 2.24) is 15.1 Å². The number of hydrogen-bond donors (Lipinski definition) is 0. The summed E-state index contributed by atoms with van der Waals surface area (Å²) in [6, 6.07) is 6.05. The average Bonchev–Trinajstić information content (AvgIpc) is 3.34. The third-order valence-corrected chi connectivity index (χ3v) is 5.00. The van der Waals surface area contributed by atoms with E-state index in [1.54, 1.807) is 18.3 Å². The molecule has 1 saturated heterocycles. The monoisotopic (exact) mass is 341 g/mol. The molecule has 0 aromatic carbocycles. The van der Waals surface area contributed by atoms with Crippen LogP contribution in [0.1, 0.15) is 36.2 Å². The van der Waals surface area contributed by atoms with E-state index >= 15 is 0 Å². The fourth-order valence-corrected chi connectivity index (χ4v) is 3.59. The molecule has 1 aliphatic heterocycles. The van der Waals surface area contributed by atoms with Crippen molar-refractivity contribution in [2.24, 2.45) is 0 Å². The van der Waals surface area contributed by atoms with Gasteiger partial charge in [0.05, 0.1) is 4.88 Å². The van der Waals surface area contributed by atoms with E-state index in [0.717, 1.165) is 30.8 Å². The number of aryl methyl sites for hydroxylation is 1. The van der Waals surface area contributed by atoms with Crippen LogP contribution in [0.3, 0.4) is 0 Å². The Kier molecular flexibility index (Phi) is 3.78. The topological polar surface area (TPSA) is 92.0 Å². The second-order valence-corrected chi connectivity index (χ2v) is 6.64. The van der Waals surface area contributed by atoms with Crippen LogP contribution in [0.5, 0.6) is 0 Å². The number of aromatic nitrogens is 3. The minimum absolute atomic E-state index is 0.233. The Morgan fingerprint density at radius 1 is 1.33 bits per heavy atom. The zero-order chi connectivity index (χ0) is 16.5. The number of rotatable bonds is 3. The second kappa shape index (κ2) is 6.09. The lowest BCUT2D eigenvalue weighted by Crippen LogP contribution is -2.33. The molecule has 0 atom stereocenters. The Labute approximate surface area is 142 Å². The van der Waals surface area contributed by atoms with Crippen molar-refractivity contribution < 1.29 is 8.94 Å². The first-order chi connectivity index (χ1) is 11.7. The SMILES string of the molecule is Cc1nc(C#N)c(N2CCC(c3nc(-c4cccs4)no3)CC2)o1. The first-order valence-corrected chi connectivity index (χ1v) is 8.62. The quantitative estimate of drug-likeness (QED) is 0.721. The summed E-state index contributed by atoms with van der Waals surface area (Å²) < 4.78 is 11.0. The summed E-state index contributed by atoms with van der Waals surface area (Å²) in [5, 5.41) is 15.2. The molecule has 8 heteroatoms. The molecule has 1 fully saturated rings. The fourth-order valence-electron chi connectivity index (χ4n) is 2.94. The lowest BCUT2D eigenvalue weighted by molar-refractivity contribution is 0.326. The van der Waals surface area contributed by atoms with Crippen molar-refractivity contribution in [2.75, 3.05) is 18.0 Å². The summed E-state index contributed by atoms with van der Waals surface area (Å²) in [6.07, 6.45) is 1.74. The maximum absolute atomic E-state index is 9.15. The Bertz CT molecular complexity index is 869. The van der Waals surface area contributed by atoms with E-state index in [1.807, 2.05) is 17.5 Å². The Morgan fingerprint density at radius 2 is 2.17 bits per heavy atom. The second-order valence-electron chi connectivity index (χ2n) is 5.69. The molecule has 4 heterocycles. The van der Waals surface area contributed by atoms with Crippen LogP contribution in [0, 0.1) is 18.3 Å². The van der Waals surface area contributed by atoms with E-state index in [4.69, 9.17) is 14.2 Å². The van der Waals surface area contributed by atoms with Gasteiger partial charge in [0.15, 0.2) is 5.89 Å². The van der Waals surface area contributed by atoms with Crippen molar-refractivity contribution in [1.29, 1.82) is 5.26 Å². The maximum Gasteiger partial charge on any atom is 0.234 e. The molecular formula is C16H15N5O2S. The van der Waals surface area contributed by atoms with Crippen LogP contribution >= 0.6 is 11.3 Å². The van der Waals surface area contributed by atoms with E-state index < -0.39 is 0 Å². The summed E-state index contributed by atoms with van der Waals surface area (Å²) in [6.45, 7) is 3.29. The van der Waals surface area contributed by atoms with Crippen molar-refractivity contribution in [2.45, 2.75) is 25.7 Å². The fraction of sp³-hybridized carbons (Fsp3) is 0.375. The predicted molar refractivity (Wildman–Crippen MR) is 87.8 cm³/mol. The van der Waals surface area contributed by atoms with E-state index in [-0.39, 0.29) is 5.92 Å². The molecule has 4 rings (SSSR count). The molecule has 0 bridgehead atoms. The molecule has 1 aliphatic rings. The Hall–Kier alpha value is -2.66. The number of nitriles is 1. The van der Waals surface area contributed by atoms with Gasteiger partial charge < -0.3 is 13.8 Å². The molecule has 0 radical (unpaired) electrons. The molecule has 0 amide bonds. The average molecular weight is 341 g/mol. The minimum Gasteiger partial charge on any atom is -0.424 e. The van der Waals surface area contributed by atoms with Crippen LogP contribution in [-0.2, 0) is 0 Å². The zero-order valence-corrected chi connectivity index (χ0v) is 13.9. The Balaban J connectivity index is 1.46. The number of oxazole rings is 1. The van der Waals surface area contributed by atoms with Gasteiger partial charge in [-0.25, -0.2) is 4.98 Å². The van der Waals surface area contributed by atoms with Crippen LogP contribution in [0.2, 0.25) is 0 Å². The van der Waals surface area contributed by atoms with Crippen LogP contribution in [0.15, 0.2) is 26.5 Å². The molecule has 0 spiro atoms. The van der Waals surface area contributed by atoms with Crippen molar-refractivity contribution in [3.8, 4) is 16.8 Å². The molecule has 3 aromatic rings. The molecule has 7 nitrogen and oxygen atoms in total. The van der Waals surface area contributed by atoms with E-state index in [0.29, 0.717) is 29.2 Å². The number of anilines is 1. The first kappa shape index (κ1) is 14.9. The van der Waals surface area contributed by atoms with Crippen LogP contribution in [0.4, 0.5) is 5.88 Å². The Morgan fingerprint density at radius 3 is 2.88 bits per heavy atom. The lowest BCUT2D eigenvalue weighted by atomic mass is 9.97. The highest BCUT2D eigenvalue weighted by atomic mass is 32.1. The highest BCUT2D eigenvalue weighted by Crippen LogP contribution is 2.32. The highest BCUT2D eigenvalue weighted by Gasteiger charge is 2.28. The maximum atomic E-state index is 9.15. The van der Waals surface area contributed by atoms with E-state index in [9.17, 15) is 0 Å². The lowest BCUT2D eigenvalue weighted by Gasteiger charge is -2.29. The van der Waals surface area contributed by atoms with Crippen molar-refractivity contribution in [3.63, 3.8) is 0 Å². The molecule has 122 valence electrons. The van der Waals surface area contributed by atoms with E-state index in [2.05, 4.69) is 26.1 Å². The smallest absolute Gasteiger partial charge is 0.234 e. The summed E-state index contributed by atoms with van der Waals surface area (Å²) in [4.78, 5) is 11.7. The van der Waals surface area contributed by atoms with Crippen LogP contribution < -0.4 is 4.90 Å². The van der Waals surface area contributed by atoms with Gasteiger partial charge in [0.25, 0.3) is 0 Å². The van der Waals surface area contributed by atoms with Gasteiger partial charge in [-0.15, -0.1) is 11.3 Å². The number of piperidine rings is 1. The number of hydrogen-bond acceptors (Lipinski definition) is 8. The van der Waals surface area contributed by atoms with Crippen LogP contribution in [-0.4, -0.2) is 28.2 Å². The largest absolute Gasteiger partial charge is 0.424 e. The first-order valence-electron chi connectivity index (χ1n) is 7.74. The van der Waals surface area contributed by atoms with Crippen LogP contribution in [0.25, 0.3) is 10.7 Å². The molecule has 3 aromatic heterocycles. The summed E-state index contributed by atoms with van der Waals surface area (Å²) in [7, 11) is 0. The zero-order valence-electron chi connectivity index (χ0n) is 13.1. The molecule has 24 heavy (non-hydrogen) atoms. The van der Waals surface area contributed by atoms with Gasteiger partial charge in [0.2, 0.25) is 23.3 Å². The normalized spacial score (nSPS) is 15.6. The molecule has 0 saturated carbocycles. The van der Waals surface area contributed by atoms with E-state index in [1.165, 1.54) is 0 Å². The minimum atomic E-state index is 0.233. The van der Waals surface area contributed by atoms with Crippen molar-refractivity contribution >= 4 is 17.2 Å². The van der Waals surface area contributed by atoms with Gasteiger partial charge in [0, 0.05) is 25.9 Å². The molecule has 0 N–H and O–H groups in total. The van der Waals surface area contributed by atoms with Gasteiger partial charge in [-0.2, -0.15) is 10.2 Å².